The Labute approximate surface area is 217 Å². The molecule has 2 N–H and O–H groups in total. The lowest BCUT2D eigenvalue weighted by Gasteiger charge is -2.13. The fourth-order valence-corrected chi connectivity index (χ4v) is 5.83. The van der Waals surface area contributed by atoms with Crippen LogP contribution in [0.25, 0.3) is 27.5 Å². The van der Waals surface area contributed by atoms with Crippen LogP contribution in [0.3, 0.4) is 0 Å². The van der Waals surface area contributed by atoms with Gasteiger partial charge in [-0.15, -0.1) is 11.3 Å². The lowest BCUT2D eigenvalue weighted by Crippen LogP contribution is -2.37. The van der Waals surface area contributed by atoms with E-state index in [9.17, 15) is 22.8 Å². The smallest absolute Gasteiger partial charge is 0.330 e. The fraction of sp³-hybridized carbons (Fsp3) is 0.125. The van der Waals surface area contributed by atoms with Gasteiger partial charge in [-0.1, -0.05) is 45.8 Å². The molecule has 3 aromatic heterocycles. The number of halogens is 1. The summed E-state index contributed by atoms with van der Waals surface area (Å²) in [7, 11) is -3.95. The van der Waals surface area contributed by atoms with Crippen molar-refractivity contribution in [3.8, 4) is 5.69 Å². The average molecular weight is 587 g/mol. The molecule has 1 amide bonds. The predicted octanol–water partition coefficient (Wildman–Crippen LogP) is 3.50. The fourth-order valence-electron chi connectivity index (χ4n) is 4.29. The van der Waals surface area contributed by atoms with Crippen LogP contribution in [0.4, 0.5) is 0 Å². The number of benzene rings is 2. The minimum atomic E-state index is -3.95. The Kier molecular flexibility index (Phi) is 5.97. The van der Waals surface area contributed by atoms with Gasteiger partial charge in [-0.25, -0.2) is 22.5 Å². The Morgan fingerprint density at radius 2 is 1.89 bits per heavy atom. The summed E-state index contributed by atoms with van der Waals surface area (Å²) in [4.78, 5) is 42.8. The van der Waals surface area contributed by atoms with Crippen LogP contribution >= 0.6 is 27.3 Å². The van der Waals surface area contributed by atoms with Gasteiger partial charge >= 0.3 is 5.69 Å². The van der Waals surface area contributed by atoms with Crippen LogP contribution in [0.5, 0.6) is 0 Å². The van der Waals surface area contributed by atoms with Crippen molar-refractivity contribution < 1.29 is 13.2 Å². The Balaban J connectivity index is 1.92. The van der Waals surface area contributed by atoms with Crippen LogP contribution in [0, 0.1) is 6.92 Å². The van der Waals surface area contributed by atoms with Gasteiger partial charge < -0.3 is 9.55 Å². The van der Waals surface area contributed by atoms with Crippen LogP contribution in [0.2, 0.25) is 0 Å². The van der Waals surface area contributed by atoms with Crippen LogP contribution in [-0.2, 0) is 16.6 Å². The monoisotopic (exact) mass is 586 g/mol. The Hall–Kier alpha value is -3.48. The molecule has 3 heterocycles. The van der Waals surface area contributed by atoms with E-state index in [0.717, 1.165) is 21.9 Å². The number of aromatic nitrogens is 3. The first-order chi connectivity index (χ1) is 17.0. The third-order valence-electron chi connectivity index (χ3n) is 5.68. The summed E-state index contributed by atoms with van der Waals surface area (Å²) in [6.45, 7) is 2.13. The minimum absolute atomic E-state index is 0.000506. The van der Waals surface area contributed by atoms with Crippen molar-refractivity contribution >= 4 is 65.0 Å². The van der Waals surface area contributed by atoms with E-state index in [1.165, 1.54) is 11.3 Å². The van der Waals surface area contributed by atoms with Crippen molar-refractivity contribution in [2.45, 2.75) is 13.5 Å². The van der Waals surface area contributed by atoms with Gasteiger partial charge in [0, 0.05) is 27.2 Å². The second-order valence-electron chi connectivity index (χ2n) is 8.41. The van der Waals surface area contributed by atoms with E-state index in [4.69, 9.17) is 0 Å². The largest absolute Gasteiger partial charge is 0.333 e. The first-order valence-corrected chi connectivity index (χ1v) is 14.3. The van der Waals surface area contributed by atoms with Crippen molar-refractivity contribution in [2.24, 2.45) is 0 Å². The molecule has 5 aromatic rings. The van der Waals surface area contributed by atoms with Gasteiger partial charge in [-0.2, -0.15) is 0 Å². The molecule has 2 aromatic carbocycles. The third-order valence-corrected chi connectivity index (χ3v) is 7.47. The summed E-state index contributed by atoms with van der Waals surface area (Å²) in [6.07, 6.45) is 0.866. The summed E-state index contributed by atoms with van der Waals surface area (Å²) in [5, 5.41) is 3.97. The molecule has 9 nitrogen and oxygen atoms in total. The Bertz CT molecular complexity index is 1910. The second-order valence-corrected chi connectivity index (χ2v) is 11.8. The maximum absolute atomic E-state index is 13.5. The van der Waals surface area contributed by atoms with E-state index >= 15 is 0 Å². The standard InChI is InChI=1S/C24H19BrN4O5S2/c1-13-4-3-5-14(8-13)10-28-19-7-6-15(25)9-16(19)20(21(28)22(30)27-36(2,33)34)29-23(31)17-11-35-12-18(17)26-24(29)32/h3-9,11-12H,10H2,1-2H3,(H,26,32)(H,27,30). The number of rotatable bonds is 5. The predicted molar refractivity (Wildman–Crippen MR) is 144 cm³/mol. The highest BCUT2D eigenvalue weighted by Gasteiger charge is 2.28. The van der Waals surface area contributed by atoms with Gasteiger partial charge in [0.2, 0.25) is 10.0 Å². The highest BCUT2D eigenvalue weighted by molar-refractivity contribution is 9.10. The third kappa shape index (κ3) is 4.31. The van der Waals surface area contributed by atoms with Crippen molar-refractivity contribution in [3.63, 3.8) is 0 Å². The molecule has 0 aliphatic heterocycles. The summed E-state index contributed by atoms with van der Waals surface area (Å²) in [6, 6.07) is 12.9. The zero-order valence-electron chi connectivity index (χ0n) is 19.0. The second kappa shape index (κ2) is 8.87. The van der Waals surface area contributed by atoms with Gasteiger partial charge in [-0.3, -0.25) is 9.59 Å². The number of thiophene rings is 1. The number of H-pyrrole nitrogens is 1. The first-order valence-electron chi connectivity index (χ1n) is 10.6. The number of hydrogen-bond donors (Lipinski definition) is 2. The normalized spacial score (nSPS) is 11.9. The molecular weight excluding hydrogens is 568 g/mol. The van der Waals surface area contributed by atoms with E-state index in [0.29, 0.717) is 20.9 Å². The summed E-state index contributed by atoms with van der Waals surface area (Å²) in [5.74, 6) is -0.954. The van der Waals surface area contributed by atoms with Gasteiger partial charge in [0.05, 0.1) is 28.4 Å². The number of carbonyl (C=O) groups is 1. The topological polar surface area (TPSA) is 123 Å². The number of nitrogens with zero attached hydrogens (tertiary/aromatic N) is 2. The number of hydrogen-bond acceptors (Lipinski definition) is 6. The van der Waals surface area contributed by atoms with E-state index in [2.05, 4.69) is 20.9 Å². The van der Waals surface area contributed by atoms with Crippen LogP contribution < -0.4 is 16.0 Å². The molecule has 0 spiro atoms. The Morgan fingerprint density at radius 1 is 1.11 bits per heavy atom. The molecule has 0 atom stereocenters. The SMILES string of the molecule is Cc1cccc(Cn2c(C(=O)NS(C)(=O)=O)c(-n3c(=O)[nH]c4cscc4c3=O)c3cc(Br)ccc32)c1. The van der Waals surface area contributed by atoms with Gasteiger partial charge in [0.25, 0.3) is 11.5 Å². The molecule has 0 radical (unpaired) electrons. The maximum Gasteiger partial charge on any atom is 0.333 e. The summed E-state index contributed by atoms with van der Waals surface area (Å²) < 4.78 is 29.2. The number of aryl methyl sites for hydroxylation is 1. The average Bonchev–Trinajstić information content (AvgIpc) is 3.36. The van der Waals surface area contributed by atoms with Gasteiger partial charge in [-0.05, 0) is 30.7 Å². The summed E-state index contributed by atoms with van der Waals surface area (Å²) in [5.41, 5.74) is 1.31. The molecule has 0 saturated carbocycles. The lowest BCUT2D eigenvalue weighted by atomic mass is 10.1. The molecule has 12 heteroatoms. The van der Waals surface area contributed by atoms with Crippen LogP contribution in [0.1, 0.15) is 21.6 Å². The minimum Gasteiger partial charge on any atom is -0.330 e. The molecule has 0 aliphatic rings. The van der Waals surface area contributed by atoms with E-state index in [1.807, 2.05) is 35.9 Å². The van der Waals surface area contributed by atoms with Crippen LogP contribution in [0.15, 0.2) is 67.3 Å². The Morgan fingerprint density at radius 3 is 2.61 bits per heavy atom. The molecule has 0 saturated heterocycles. The number of sulfonamides is 1. The van der Waals surface area contributed by atoms with Crippen molar-refractivity contribution in [3.05, 3.63) is 95.4 Å². The van der Waals surface area contributed by atoms with E-state index in [-0.39, 0.29) is 23.3 Å². The molecular formula is C24H19BrN4O5S2. The highest BCUT2D eigenvalue weighted by atomic mass is 79.9. The number of amides is 1. The summed E-state index contributed by atoms with van der Waals surface area (Å²) >= 11 is 4.69. The van der Waals surface area contributed by atoms with Crippen LogP contribution in [-0.4, -0.2) is 34.7 Å². The number of aromatic amines is 1. The van der Waals surface area contributed by atoms with Crippen molar-refractivity contribution in [1.29, 1.82) is 0 Å². The van der Waals surface area contributed by atoms with E-state index < -0.39 is 27.2 Å². The highest BCUT2D eigenvalue weighted by Crippen LogP contribution is 2.32. The number of carbonyl (C=O) groups excluding carboxylic acids is 1. The molecule has 5 rings (SSSR count). The van der Waals surface area contributed by atoms with Crippen molar-refractivity contribution in [1.82, 2.24) is 18.8 Å². The first kappa shape index (κ1) is 24.2. The molecule has 0 unspecified atom stereocenters. The molecule has 36 heavy (non-hydrogen) atoms. The molecule has 0 bridgehead atoms. The quantitative estimate of drug-likeness (QED) is 0.326. The molecule has 0 fully saturated rings. The maximum atomic E-state index is 13.5. The van der Waals surface area contributed by atoms with Crippen molar-refractivity contribution in [2.75, 3.05) is 6.26 Å². The zero-order chi connectivity index (χ0) is 25.8. The number of nitrogens with one attached hydrogen (secondary N) is 2. The molecule has 0 aliphatic carbocycles. The zero-order valence-corrected chi connectivity index (χ0v) is 22.3. The molecule has 184 valence electrons. The van der Waals surface area contributed by atoms with Gasteiger partial charge in [0.1, 0.15) is 5.69 Å². The lowest BCUT2D eigenvalue weighted by molar-refractivity contribution is 0.0973. The van der Waals surface area contributed by atoms with E-state index in [1.54, 1.807) is 33.5 Å². The number of fused-ring (bicyclic) bond motifs is 2. The van der Waals surface area contributed by atoms with Gasteiger partial charge in [0.15, 0.2) is 0 Å².